The Morgan fingerprint density at radius 2 is 2.21 bits per heavy atom. The number of furan rings is 1. The predicted molar refractivity (Wildman–Crippen MR) is 89.2 cm³/mol. The van der Waals surface area contributed by atoms with Gasteiger partial charge in [-0.15, -0.1) is 0 Å². The molecular formula is C17H15N5O2. The maximum atomic E-state index is 5.85. The fourth-order valence-corrected chi connectivity index (χ4v) is 2.51. The van der Waals surface area contributed by atoms with E-state index in [1.54, 1.807) is 24.3 Å². The van der Waals surface area contributed by atoms with Crippen molar-refractivity contribution in [2.45, 2.75) is 6.54 Å². The number of hydrogen-bond donors (Lipinski definition) is 1. The Labute approximate surface area is 137 Å². The average molecular weight is 321 g/mol. The van der Waals surface area contributed by atoms with E-state index < -0.39 is 0 Å². The van der Waals surface area contributed by atoms with Gasteiger partial charge in [0.05, 0.1) is 19.3 Å². The molecule has 3 aromatic heterocycles. The first kappa shape index (κ1) is 14.3. The number of methoxy groups -OCH3 is 1. The Bertz CT molecular complexity index is 962. The van der Waals surface area contributed by atoms with Gasteiger partial charge in [0, 0.05) is 11.6 Å². The number of benzene rings is 1. The summed E-state index contributed by atoms with van der Waals surface area (Å²) in [6, 6.07) is 11.5. The second-order valence-electron chi connectivity index (χ2n) is 5.18. The molecule has 0 atom stereocenters. The van der Waals surface area contributed by atoms with Crippen molar-refractivity contribution >= 4 is 16.7 Å². The van der Waals surface area contributed by atoms with Crippen molar-refractivity contribution in [3.05, 3.63) is 61.0 Å². The van der Waals surface area contributed by atoms with Crippen LogP contribution in [0.2, 0.25) is 0 Å². The Morgan fingerprint density at radius 1 is 1.25 bits per heavy atom. The van der Waals surface area contributed by atoms with Crippen molar-refractivity contribution in [3.63, 3.8) is 0 Å². The summed E-state index contributed by atoms with van der Waals surface area (Å²) in [5, 5.41) is 8.46. The van der Waals surface area contributed by atoms with Crippen LogP contribution in [-0.4, -0.2) is 26.9 Å². The molecular weight excluding hydrogens is 306 g/mol. The van der Waals surface area contributed by atoms with Crippen LogP contribution in [0.5, 0.6) is 5.75 Å². The highest BCUT2D eigenvalue weighted by Gasteiger charge is 2.09. The first-order chi connectivity index (χ1) is 11.8. The quantitative estimate of drug-likeness (QED) is 0.609. The van der Waals surface area contributed by atoms with Crippen molar-refractivity contribution < 1.29 is 9.15 Å². The molecule has 7 nitrogen and oxygen atoms in total. The fourth-order valence-electron chi connectivity index (χ4n) is 2.51. The maximum Gasteiger partial charge on any atom is 0.178 e. The van der Waals surface area contributed by atoms with Gasteiger partial charge in [0.25, 0.3) is 0 Å². The van der Waals surface area contributed by atoms with Gasteiger partial charge in [-0.2, -0.15) is 5.10 Å². The van der Waals surface area contributed by atoms with Crippen LogP contribution in [0.3, 0.4) is 0 Å². The summed E-state index contributed by atoms with van der Waals surface area (Å²) in [6.07, 6.45) is 4.81. The SMILES string of the molecule is COc1ccc2oc(CNc3cccnc3-n3cncn3)cc2c1. The molecule has 0 fully saturated rings. The van der Waals surface area contributed by atoms with Crippen LogP contribution in [0.1, 0.15) is 5.76 Å². The molecule has 0 unspecified atom stereocenters. The minimum atomic E-state index is 0.532. The fraction of sp³-hybridized carbons (Fsp3) is 0.118. The highest BCUT2D eigenvalue weighted by molar-refractivity contribution is 5.79. The number of pyridine rings is 1. The van der Waals surface area contributed by atoms with Crippen molar-refractivity contribution in [1.82, 2.24) is 19.7 Å². The summed E-state index contributed by atoms with van der Waals surface area (Å²) in [7, 11) is 1.65. The summed E-state index contributed by atoms with van der Waals surface area (Å²) in [6.45, 7) is 0.532. The summed E-state index contributed by atoms with van der Waals surface area (Å²) in [5.74, 6) is 2.32. The van der Waals surface area contributed by atoms with Crippen LogP contribution < -0.4 is 10.1 Å². The summed E-state index contributed by atoms with van der Waals surface area (Å²) in [5.41, 5.74) is 1.68. The Morgan fingerprint density at radius 3 is 3.04 bits per heavy atom. The number of nitrogens with one attached hydrogen (secondary N) is 1. The molecule has 120 valence electrons. The molecule has 0 saturated heterocycles. The molecule has 0 aliphatic rings. The van der Waals surface area contributed by atoms with Crippen molar-refractivity contribution in [1.29, 1.82) is 0 Å². The summed E-state index contributed by atoms with van der Waals surface area (Å²) < 4.78 is 12.7. The number of aromatic nitrogens is 4. The van der Waals surface area contributed by atoms with E-state index in [9.17, 15) is 0 Å². The molecule has 0 bridgehead atoms. The molecule has 0 amide bonds. The zero-order chi connectivity index (χ0) is 16.4. The molecule has 0 spiro atoms. The molecule has 0 saturated carbocycles. The number of ether oxygens (including phenoxy) is 1. The smallest absolute Gasteiger partial charge is 0.178 e. The molecule has 0 radical (unpaired) electrons. The van der Waals surface area contributed by atoms with E-state index >= 15 is 0 Å². The van der Waals surface area contributed by atoms with Crippen LogP contribution in [-0.2, 0) is 6.54 Å². The zero-order valence-electron chi connectivity index (χ0n) is 13.0. The van der Waals surface area contributed by atoms with E-state index in [-0.39, 0.29) is 0 Å². The van der Waals surface area contributed by atoms with Crippen LogP contribution in [0.25, 0.3) is 16.8 Å². The van der Waals surface area contributed by atoms with Crippen molar-refractivity contribution in [2.75, 3.05) is 12.4 Å². The molecule has 1 aromatic carbocycles. The Hall–Kier alpha value is -3.35. The molecule has 3 heterocycles. The first-order valence-electron chi connectivity index (χ1n) is 7.44. The van der Waals surface area contributed by atoms with Gasteiger partial charge < -0.3 is 14.5 Å². The number of fused-ring (bicyclic) bond motifs is 1. The van der Waals surface area contributed by atoms with Crippen molar-refractivity contribution in [3.8, 4) is 11.6 Å². The van der Waals surface area contributed by atoms with Gasteiger partial charge in [0.2, 0.25) is 0 Å². The minimum Gasteiger partial charge on any atom is -0.497 e. The van der Waals surface area contributed by atoms with Gasteiger partial charge >= 0.3 is 0 Å². The van der Waals surface area contributed by atoms with Gasteiger partial charge in [-0.3, -0.25) is 0 Å². The van der Waals surface area contributed by atoms with Gasteiger partial charge in [-0.1, -0.05) is 0 Å². The third-order valence-corrected chi connectivity index (χ3v) is 3.65. The summed E-state index contributed by atoms with van der Waals surface area (Å²) in [4.78, 5) is 8.31. The monoisotopic (exact) mass is 321 g/mol. The van der Waals surface area contributed by atoms with E-state index in [1.165, 1.54) is 6.33 Å². The molecule has 0 aliphatic heterocycles. The lowest BCUT2D eigenvalue weighted by Gasteiger charge is -2.09. The summed E-state index contributed by atoms with van der Waals surface area (Å²) >= 11 is 0. The second-order valence-corrected chi connectivity index (χ2v) is 5.18. The van der Waals surface area contributed by atoms with E-state index in [1.807, 2.05) is 36.4 Å². The van der Waals surface area contributed by atoms with E-state index in [4.69, 9.17) is 9.15 Å². The lowest BCUT2D eigenvalue weighted by atomic mass is 10.2. The number of nitrogens with zero attached hydrogens (tertiary/aromatic N) is 4. The standard InChI is InChI=1S/C17H15N5O2/c1-23-13-4-5-16-12(7-13)8-14(24-16)9-20-15-3-2-6-19-17(15)22-11-18-10-21-22/h2-8,10-11,20H,9H2,1H3. The van der Waals surface area contributed by atoms with E-state index in [0.29, 0.717) is 12.4 Å². The van der Waals surface area contributed by atoms with Crippen molar-refractivity contribution in [2.24, 2.45) is 0 Å². The number of rotatable bonds is 5. The third kappa shape index (κ3) is 2.67. The third-order valence-electron chi connectivity index (χ3n) is 3.65. The van der Waals surface area contributed by atoms with Gasteiger partial charge in [0.1, 0.15) is 29.7 Å². The van der Waals surface area contributed by atoms with Gasteiger partial charge in [-0.25, -0.2) is 14.6 Å². The normalized spacial score (nSPS) is 10.9. The Balaban J connectivity index is 1.57. The largest absolute Gasteiger partial charge is 0.497 e. The topological polar surface area (TPSA) is 78.0 Å². The molecule has 0 aliphatic carbocycles. The molecule has 4 rings (SSSR count). The lowest BCUT2D eigenvalue weighted by molar-refractivity contribution is 0.415. The minimum absolute atomic E-state index is 0.532. The highest BCUT2D eigenvalue weighted by atomic mass is 16.5. The zero-order valence-corrected chi connectivity index (χ0v) is 13.0. The van der Waals surface area contributed by atoms with E-state index in [2.05, 4.69) is 20.4 Å². The lowest BCUT2D eigenvalue weighted by Crippen LogP contribution is -2.06. The second kappa shape index (κ2) is 6.04. The molecule has 1 N–H and O–H groups in total. The van der Waals surface area contributed by atoms with Gasteiger partial charge in [0.15, 0.2) is 5.82 Å². The molecule has 4 aromatic rings. The number of hydrogen-bond acceptors (Lipinski definition) is 6. The average Bonchev–Trinajstić information content (AvgIpc) is 3.28. The first-order valence-corrected chi connectivity index (χ1v) is 7.44. The molecule has 24 heavy (non-hydrogen) atoms. The maximum absolute atomic E-state index is 5.85. The van der Waals surface area contributed by atoms with Crippen LogP contribution in [0.4, 0.5) is 5.69 Å². The van der Waals surface area contributed by atoms with E-state index in [0.717, 1.165) is 28.2 Å². The predicted octanol–water partition coefficient (Wildman–Crippen LogP) is 3.03. The number of anilines is 1. The van der Waals surface area contributed by atoms with Gasteiger partial charge in [-0.05, 0) is 36.4 Å². The van der Waals surface area contributed by atoms with Crippen LogP contribution in [0.15, 0.2) is 59.7 Å². The van der Waals surface area contributed by atoms with Crippen LogP contribution >= 0.6 is 0 Å². The Kier molecular flexibility index (Phi) is 3.59. The highest BCUT2D eigenvalue weighted by Crippen LogP contribution is 2.25. The van der Waals surface area contributed by atoms with Crippen LogP contribution in [0, 0.1) is 0 Å². The molecule has 7 heteroatoms.